The number of nitrogens with one attached hydrogen (secondary N) is 1. The van der Waals surface area contributed by atoms with Gasteiger partial charge in [0.2, 0.25) is 10.0 Å². The van der Waals surface area contributed by atoms with E-state index in [1.54, 1.807) is 0 Å². The normalized spacial score (nSPS) is 20.1. The first kappa shape index (κ1) is 9.99. The zero-order valence-electron chi connectivity index (χ0n) is 7.54. The molecule has 0 spiro atoms. The average Bonchev–Trinajstić information content (AvgIpc) is 2.53. The summed E-state index contributed by atoms with van der Waals surface area (Å²) in [4.78, 5) is 0. The van der Waals surface area contributed by atoms with Crippen LogP contribution in [0.25, 0.3) is 0 Å². The molecule has 72 valence electrons. The van der Waals surface area contributed by atoms with Crippen LogP contribution >= 0.6 is 0 Å². The van der Waals surface area contributed by atoms with Crippen molar-refractivity contribution in [2.24, 2.45) is 0 Å². The molecule has 0 amide bonds. The van der Waals surface area contributed by atoms with Gasteiger partial charge in [-0.1, -0.05) is 19.8 Å². The van der Waals surface area contributed by atoms with Gasteiger partial charge in [0, 0.05) is 6.54 Å². The second kappa shape index (κ2) is 4.23. The van der Waals surface area contributed by atoms with Crippen molar-refractivity contribution < 1.29 is 8.42 Å². The van der Waals surface area contributed by atoms with E-state index in [-0.39, 0.29) is 5.25 Å². The van der Waals surface area contributed by atoms with Crippen LogP contribution in [0.4, 0.5) is 0 Å². The lowest BCUT2D eigenvalue weighted by Gasteiger charge is -2.10. The fourth-order valence-electron chi connectivity index (χ4n) is 1.56. The Morgan fingerprint density at radius 2 is 1.92 bits per heavy atom. The Kier molecular flexibility index (Phi) is 3.53. The molecule has 12 heavy (non-hydrogen) atoms. The van der Waals surface area contributed by atoms with E-state index >= 15 is 0 Å². The second-order valence-electron chi connectivity index (χ2n) is 3.35. The summed E-state index contributed by atoms with van der Waals surface area (Å²) in [6.07, 6.45) is 4.69. The lowest BCUT2D eigenvalue weighted by atomic mass is 10.4. The van der Waals surface area contributed by atoms with E-state index in [1.165, 1.54) is 0 Å². The molecule has 0 atom stereocenters. The monoisotopic (exact) mass is 191 g/mol. The summed E-state index contributed by atoms with van der Waals surface area (Å²) in [6.45, 7) is 2.55. The highest BCUT2D eigenvalue weighted by Gasteiger charge is 2.27. The molecule has 1 rings (SSSR count). The molecule has 1 fully saturated rings. The van der Waals surface area contributed by atoms with E-state index in [1.807, 2.05) is 6.92 Å². The molecule has 0 saturated heterocycles. The molecule has 0 aliphatic heterocycles. The van der Waals surface area contributed by atoms with Crippen molar-refractivity contribution in [3.8, 4) is 0 Å². The van der Waals surface area contributed by atoms with Gasteiger partial charge in [-0.15, -0.1) is 0 Å². The first-order valence-electron chi connectivity index (χ1n) is 4.65. The topological polar surface area (TPSA) is 46.2 Å². The van der Waals surface area contributed by atoms with Gasteiger partial charge in [0.15, 0.2) is 0 Å². The summed E-state index contributed by atoms with van der Waals surface area (Å²) in [5.74, 6) is 0. The van der Waals surface area contributed by atoms with E-state index in [9.17, 15) is 8.42 Å². The minimum absolute atomic E-state index is 0.107. The van der Waals surface area contributed by atoms with Gasteiger partial charge in [0.1, 0.15) is 0 Å². The van der Waals surface area contributed by atoms with Crippen LogP contribution in [0.3, 0.4) is 0 Å². The Balaban J connectivity index is 2.46. The fourth-order valence-corrected chi connectivity index (χ4v) is 3.24. The van der Waals surface area contributed by atoms with Gasteiger partial charge >= 0.3 is 0 Å². The highest BCUT2D eigenvalue weighted by molar-refractivity contribution is 7.90. The maximum Gasteiger partial charge on any atom is 0.214 e. The predicted molar refractivity (Wildman–Crippen MR) is 49.5 cm³/mol. The molecule has 0 bridgehead atoms. The summed E-state index contributed by atoms with van der Waals surface area (Å²) in [5.41, 5.74) is 0. The second-order valence-corrected chi connectivity index (χ2v) is 5.39. The quantitative estimate of drug-likeness (QED) is 0.727. The lowest BCUT2D eigenvalue weighted by molar-refractivity contribution is 0.564. The average molecular weight is 191 g/mol. The molecule has 0 aromatic rings. The molecule has 3 nitrogen and oxygen atoms in total. The number of sulfonamides is 1. The van der Waals surface area contributed by atoms with Crippen LogP contribution in [0.15, 0.2) is 0 Å². The predicted octanol–water partition coefficient (Wildman–Crippen LogP) is 1.26. The zero-order valence-corrected chi connectivity index (χ0v) is 8.36. The fraction of sp³-hybridized carbons (Fsp3) is 1.00. The molecule has 1 N–H and O–H groups in total. The number of rotatable bonds is 4. The summed E-state index contributed by atoms with van der Waals surface area (Å²) >= 11 is 0. The molecule has 1 aliphatic carbocycles. The molecule has 1 saturated carbocycles. The molecule has 0 heterocycles. The van der Waals surface area contributed by atoms with E-state index in [0.717, 1.165) is 32.1 Å². The van der Waals surface area contributed by atoms with Gasteiger partial charge in [0.25, 0.3) is 0 Å². The van der Waals surface area contributed by atoms with E-state index < -0.39 is 10.0 Å². The first-order chi connectivity index (χ1) is 5.67. The van der Waals surface area contributed by atoms with Gasteiger partial charge in [-0.2, -0.15) is 0 Å². The van der Waals surface area contributed by atoms with Crippen LogP contribution in [-0.4, -0.2) is 20.2 Å². The van der Waals surface area contributed by atoms with Crippen LogP contribution in [0.2, 0.25) is 0 Å². The van der Waals surface area contributed by atoms with Crippen LogP contribution in [0.1, 0.15) is 39.0 Å². The summed E-state index contributed by atoms with van der Waals surface area (Å²) in [5, 5.41) is -0.107. The molecule has 0 radical (unpaired) electrons. The standard InChI is InChI=1S/C8H17NO2S/c1-2-7-9-12(10,11)8-5-3-4-6-8/h8-9H,2-7H2,1H3. The Hall–Kier alpha value is -0.0900. The van der Waals surface area contributed by atoms with Crippen LogP contribution in [0.5, 0.6) is 0 Å². The van der Waals surface area contributed by atoms with Crippen molar-refractivity contribution in [1.29, 1.82) is 0 Å². The van der Waals surface area contributed by atoms with Gasteiger partial charge in [-0.3, -0.25) is 0 Å². The smallest absolute Gasteiger partial charge is 0.214 e. The Labute approximate surface area is 74.6 Å². The number of hydrogen-bond acceptors (Lipinski definition) is 2. The largest absolute Gasteiger partial charge is 0.215 e. The lowest BCUT2D eigenvalue weighted by Crippen LogP contribution is -2.33. The van der Waals surface area contributed by atoms with Crippen molar-refractivity contribution in [3.05, 3.63) is 0 Å². The third-order valence-corrected chi connectivity index (χ3v) is 4.25. The number of hydrogen-bond donors (Lipinski definition) is 1. The highest BCUT2D eigenvalue weighted by atomic mass is 32.2. The summed E-state index contributed by atoms with van der Waals surface area (Å²) in [7, 11) is -2.97. The van der Waals surface area contributed by atoms with Crippen molar-refractivity contribution in [2.45, 2.75) is 44.3 Å². The van der Waals surface area contributed by atoms with Crippen LogP contribution in [0, 0.1) is 0 Å². The third kappa shape index (κ3) is 2.45. The molecular weight excluding hydrogens is 174 g/mol. The van der Waals surface area contributed by atoms with Crippen molar-refractivity contribution in [3.63, 3.8) is 0 Å². The molecule has 1 aliphatic rings. The maximum atomic E-state index is 11.5. The minimum Gasteiger partial charge on any atom is -0.215 e. The van der Waals surface area contributed by atoms with Crippen LogP contribution in [-0.2, 0) is 10.0 Å². The van der Waals surface area contributed by atoms with Crippen molar-refractivity contribution >= 4 is 10.0 Å². The maximum absolute atomic E-state index is 11.5. The zero-order chi connectivity index (χ0) is 9.03. The summed E-state index contributed by atoms with van der Waals surface area (Å²) < 4.78 is 25.6. The third-order valence-electron chi connectivity index (χ3n) is 2.29. The van der Waals surface area contributed by atoms with Gasteiger partial charge < -0.3 is 0 Å². The van der Waals surface area contributed by atoms with E-state index in [2.05, 4.69) is 4.72 Å². The summed E-state index contributed by atoms with van der Waals surface area (Å²) in [6, 6.07) is 0. The highest BCUT2D eigenvalue weighted by Crippen LogP contribution is 2.23. The molecule has 0 aromatic carbocycles. The SMILES string of the molecule is CCCNS(=O)(=O)C1CCCC1. The van der Waals surface area contributed by atoms with Gasteiger partial charge in [-0.05, 0) is 19.3 Å². The van der Waals surface area contributed by atoms with Gasteiger partial charge in [-0.25, -0.2) is 13.1 Å². The van der Waals surface area contributed by atoms with Gasteiger partial charge in [0.05, 0.1) is 5.25 Å². The molecule has 4 heteroatoms. The van der Waals surface area contributed by atoms with E-state index in [0.29, 0.717) is 6.54 Å². The Morgan fingerprint density at radius 3 is 2.42 bits per heavy atom. The van der Waals surface area contributed by atoms with E-state index in [4.69, 9.17) is 0 Å². The molecular formula is C8H17NO2S. The Morgan fingerprint density at radius 1 is 1.33 bits per heavy atom. The van der Waals surface area contributed by atoms with Crippen molar-refractivity contribution in [2.75, 3.05) is 6.54 Å². The first-order valence-corrected chi connectivity index (χ1v) is 6.20. The molecule has 0 unspecified atom stereocenters. The van der Waals surface area contributed by atoms with Crippen molar-refractivity contribution in [1.82, 2.24) is 4.72 Å². The molecule has 0 aromatic heterocycles. The van der Waals surface area contributed by atoms with Crippen LogP contribution < -0.4 is 4.72 Å². The Bertz CT molecular complexity index is 217. The minimum atomic E-state index is -2.97.